The smallest absolute Gasteiger partial charge is 0.328 e. The SMILES string of the molecule is CCN1/C(=C(C#N)/C=C/C=C2\C(=O)N(C)C(=O)N(C)C2O)Cc2ccccc21. The summed E-state index contributed by atoms with van der Waals surface area (Å²) < 4.78 is 0. The lowest BCUT2D eigenvalue weighted by Gasteiger charge is -2.34. The number of anilines is 1. The lowest BCUT2D eigenvalue weighted by Crippen LogP contribution is -2.55. The van der Waals surface area contributed by atoms with Gasteiger partial charge in [0.2, 0.25) is 0 Å². The molecule has 0 aliphatic carbocycles. The van der Waals surface area contributed by atoms with Crippen molar-refractivity contribution >= 4 is 17.6 Å². The van der Waals surface area contributed by atoms with Gasteiger partial charge in [-0.2, -0.15) is 5.26 Å². The average molecular weight is 378 g/mol. The summed E-state index contributed by atoms with van der Waals surface area (Å²) in [6.07, 6.45) is 3.99. The molecule has 144 valence electrons. The molecule has 1 aromatic rings. The first-order valence-corrected chi connectivity index (χ1v) is 9.00. The lowest BCUT2D eigenvalue weighted by molar-refractivity contribution is -0.128. The number of rotatable bonds is 3. The normalized spacial score (nSPS) is 22.9. The van der Waals surface area contributed by atoms with Crippen LogP contribution in [0, 0.1) is 11.3 Å². The van der Waals surface area contributed by atoms with E-state index in [4.69, 9.17) is 0 Å². The van der Waals surface area contributed by atoms with Gasteiger partial charge < -0.3 is 10.0 Å². The van der Waals surface area contributed by atoms with E-state index < -0.39 is 18.2 Å². The molecule has 7 heteroatoms. The van der Waals surface area contributed by atoms with Gasteiger partial charge in [-0.3, -0.25) is 14.6 Å². The molecule has 1 N–H and O–H groups in total. The molecule has 0 radical (unpaired) electrons. The molecule has 7 nitrogen and oxygen atoms in total. The van der Waals surface area contributed by atoms with E-state index in [0.717, 1.165) is 27.7 Å². The number of carbonyl (C=O) groups is 2. The number of para-hydroxylation sites is 1. The minimum absolute atomic E-state index is 0.0743. The minimum atomic E-state index is -1.32. The average Bonchev–Trinajstić information content (AvgIpc) is 3.08. The van der Waals surface area contributed by atoms with E-state index >= 15 is 0 Å². The van der Waals surface area contributed by atoms with E-state index in [9.17, 15) is 20.0 Å². The first kappa shape index (κ1) is 19.4. The second kappa shape index (κ2) is 7.71. The van der Waals surface area contributed by atoms with Crippen molar-refractivity contribution in [1.82, 2.24) is 9.80 Å². The van der Waals surface area contributed by atoms with Gasteiger partial charge in [0.1, 0.15) is 6.07 Å². The zero-order chi connectivity index (χ0) is 20.4. The van der Waals surface area contributed by atoms with Crippen molar-refractivity contribution in [3.05, 3.63) is 64.9 Å². The van der Waals surface area contributed by atoms with Gasteiger partial charge in [0, 0.05) is 38.4 Å². The Morgan fingerprint density at radius 3 is 2.71 bits per heavy atom. The number of carbonyl (C=O) groups excluding carboxylic acids is 2. The van der Waals surface area contributed by atoms with E-state index in [-0.39, 0.29) is 5.57 Å². The zero-order valence-electron chi connectivity index (χ0n) is 16.1. The Balaban J connectivity index is 1.92. The Kier molecular flexibility index (Phi) is 5.34. The monoisotopic (exact) mass is 378 g/mol. The molecule has 2 heterocycles. The predicted molar refractivity (Wildman–Crippen MR) is 105 cm³/mol. The quantitative estimate of drug-likeness (QED) is 0.643. The summed E-state index contributed by atoms with van der Waals surface area (Å²) in [5.41, 5.74) is 3.73. The summed E-state index contributed by atoms with van der Waals surface area (Å²) in [5.74, 6) is -0.560. The number of amides is 3. The molecule has 0 bridgehead atoms. The molecule has 2 aliphatic heterocycles. The van der Waals surface area contributed by atoms with Crippen LogP contribution in [0.5, 0.6) is 0 Å². The number of imide groups is 1. The number of nitriles is 1. The van der Waals surface area contributed by atoms with Gasteiger partial charge in [0.15, 0.2) is 6.23 Å². The Hall–Kier alpha value is -3.37. The van der Waals surface area contributed by atoms with E-state index in [2.05, 4.69) is 11.0 Å². The molecular formula is C21H22N4O3. The Morgan fingerprint density at radius 1 is 1.32 bits per heavy atom. The standard InChI is InChI=1S/C21H22N4O3/c1-4-25-17-11-6-5-8-14(17)12-18(25)15(13-22)9-7-10-16-19(26)23(2)21(28)24(3)20(16)27/h5-11,19,26H,4,12H2,1-3H3/b9-7+,16-10-,18-15-. The maximum atomic E-state index is 12.3. The van der Waals surface area contributed by atoms with E-state index in [1.165, 1.54) is 25.7 Å². The summed E-state index contributed by atoms with van der Waals surface area (Å²) in [6.45, 7) is 2.77. The maximum absolute atomic E-state index is 12.3. The zero-order valence-corrected chi connectivity index (χ0v) is 16.1. The third kappa shape index (κ3) is 3.19. The molecule has 3 rings (SSSR count). The van der Waals surface area contributed by atoms with Crippen molar-refractivity contribution in [2.24, 2.45) is 0 Å². The fraction of sp³-hybridized carbons (Fsp3) is 0.286. The van der Waals surface area contributed by atoms with Crippen molar-refractivity contribution in [2.45, 2.75) is 19.6 Å². The first-order valence-electron chi connectivity index (χ1n) is 9.00. The van der Waals surface area contributed by atoms with Gasteiger partial charge in [-0.05, 0) is 30.7 Å². The van der Waals surface area contributed by atoms with Crippen LogP contribution in [0.3, 0.4) is 0 Å². The third-order valence-corrected chi connectivity index (χ3v) is 5.04. The third-order valence-electron chi connectivity index (χ3n) is 5.04. The van der Waals surface area contributed by atoms with Crippen molar-refractivity contribution < 1.29 is 14.7 Å². The van der Waals surface area contributed by atoms with Crippen LogP contribution in [0.1, 0.15) is 12.5 Å². The van der Waals surface area contributed by atoms with Crippen molar-refractivity contribution in [1.29, 1.82) is 5.26 Å². The number of aliphatic hydroxyl groups excluding tert-OH is 1. The second-order valence-electron chi connectivity index (χ2n) is 6.63. The van der Waals surface area contributed by atoms with Crippen LogP contribution in [0.15, 0.2) is 59.3 Å². The van der Waals surface area contributed by atoms with Crippen LogP contribution in [0.2, 0.25) is 0 Å². The summed E-state index contributed by atoms with van der Waals surface area (Å²) in [7, 11) is 2.78. The summed E-state index contributed by atoms with van der Waals surface area (Å²) >= 11 is 0. The molecule has 2 aliphatic rings. The molecule has 1 fully saturated rings. The Bertz CT molecular complexity index is 955. The van der Waals surface area contributed by atoms with Gasteiger partial charge in [0.05, 0.1) is 11.1 Å². The molecule has 0 aromatic heterocycles. The van der Waals surface area contributed by atoms with Crippen LogP contribution >= 0.6 is 0 Å². The summed E-state index contributed by atoms with van der Waals surface area (Å²) in [6, 6.07) is 9.69. The summed E-state index contributed by atoms with van der Waals surface area (Å²) in [4.78, 5) is 28.2. The Morgan fingerprint density at radius 2 is 2.04 bits per heavy atom. The van der Waals surface area contributed by atoms with Crippen molar-refractivity contribution in [3.8, 4) is 6.07 Å². The van der Waals surface area contributed by atoms with Gasteiger partial charge in [0.25, 0.3) is 5.91 Å². The molecule has 0 saturated carbocycles. The fourth-order valence-corrected chi connectivity index (χ4v) is 3.49. The van der Waals surface area contributed by atoms with E-state index in [1.807, 2.05) is 31.2 Å². The van der Waals surface area contributed by atoms with Crippen LogP contribution in [0.4, 0.5) is 10.5 Å². The van der Waals surface area contributed by atoms with Crippen LogP contribution in [-0.4, -0.2) is 53.7 Å². The van der Waals surface area contributed by atoms with E-state index in [0.29, 0.717) is 12.0 Å². The molecule has 1 atom stereocenters. The second-order valence-corrected chi connectivity index (χ2v) is 6.63. The largest absolute Gasteiger partial charge is 0.369 e. The van der Waals surface area contributed by atoms with Gasteiger partial charge in [-0.1, -0.05) is 24.3 Å². The highest BCUT2D eigenvalue weighted by atomic mass is 16.3. The van der Waals surface area contributed by atoms with Gasteiger partial charge in [-0.15, -0.1) is 0 Å². The number of benzene rings is 1. The maximum Gasteiger partial charge on any atom is 0.328 e. The highest BCUT2D eigenvalue weighted by molar-refractivity contribution is 6.07. The first-order chi connectivity index (χ1) is 13.4. The van der Waals surface area contributed by atoms with Crippen molar-refractivity contribution in [2.75, 3.05) is 25.5 Å². The van der Waals surface area contributed by atoms with Crippen LogP contribution < -0.4 is 4.90 Å². The molecular weight excluding hydrogens is 356 g/mol. The number of fused-ring (bicyclic) bond motifs is 1. The number of hydrogen-bond donors (Lipinski definition) is 1. The number of hydrogen-bond acceptors (Lipinski definition) is 5. The lowest BCUT2D eigenvalue weighted by atomic mass is 10.1. The van der Waals surface area contributed by atoms with Crippen LogP contribution in [0.25, 0.3) is 0 Å². The molecule has 0 spiro atoms. The number of nitrogens with zero attached hydrogens (tertiary/aromatic N) is 4. The summed E-state index contributed by atoms with van der Waals surface area (Å²) in [5, 5.41) is 19.9. The number of allylic oxidation sites excluding steroid dienone is 5. The Labute approximate surface area is 164 Å². The number of likely N-dealkylation sites (N-methyl/N-ethyl adjacent to an activating group) is 3. The fourth-order valence-electron chi connectivity index (χ4n) is 3.49. The highest BCUT2D eigenvalue weighted by Crippen LogP contribution is 2.35. The molecule has 1 unspecified atom stereocenters. The number of urea groups is 1. The number of aliphatic hydroxyl groups is 1. The predicted octanol–water partition coefficient (Wildman–Crippen LogP) is 2.17. The van der Waals surface area contributed by atoms with Gasteiger partial charge >= 0.3 is 6.03 Å². The van der Waals surface area contributed by atoms with Crippen molar-refractivity contribution in [3.63, 3.8) is 0 Å². The molecule has 1 aromatic carbocycles. The van der Waals surface area contributed by atoms with Crippen LogP contribution in [-0.2, 0) is 11.2 Å². The molecule has 3 amide bonds. The highest BCUT2D eigenvalue weighted by Gasteiger charge is 2.37. The van der Waals surface area contributed by atoms with E-state index in [1.54, 1.807) is 12.2 Å². The molecule has 28 heavy (non-hydrogen) atoms. The minimum Gasteiger partial charge on any atom is -0.369 e. The van der Waals surface area contributed by atoms with Gasteiger partial charge in [-0.25, -0.2) is 4.79 Å². The topological polar surface area (TPSA) is 87.9 Å². The molecule has 1 saturated heterocycles.